The number of rotatable bonds is 1. The van der Waals surface area contributed by atoms with Gasteiger partial charge in [-0.2, -0.15) is 0 Å². The predicted octanol–water partition coefficient (Wildman–Crippen LogP) is 10.5. The van der Waals surface area contributed by atoms with Gasteiger partial charge in [0.2, 0.25) is 0 Å². The zero-order chi connectivity index (χ0) is 27.3. The van der Waals surface area contributed by atoms with Crippen LogP contribution in [0.1, 0.15) is 36.1 Å². The Hall–Kier alpha value is -4.88. The Kier molecular flexibility index (Phi) is 4.51. The third-order valence-corrected chi connectivity index (χ3v) is 9.63. The number of hydrogen-bond donors (Lipinski definition) is 0. The normalized spacial score (nSPS) is 15.0. The average molecular weight is 524 g/mol. The molecule has 0 fully saturated rings. The average Bonchev–Trinajstić information content (AvgIpc) is 3.30. The van der Waals surface area contributed by atoms with E-state index >= 15 is 0 Å². The molecule has 0 atom stereocenters. The number of fused-ring (bicyclic) bond motifs is 12. The largest absolute Gasteiger partial charge is 0.309 e. The van der Waals surface area contributed by atoms with E-state index in [1.165, 1.54) is 82.4 Å². The number of hydrogen-bond acceptors (Lipinski definition) is 0. The van der Waals surface area contributed by atoms with Crippen molar-refractivity contribution in [2.24, 2.45) is 0 Å². The SMILES string of the molecule is CC1(C)c2cc3c(cc2-c2c(-n4c5ccccc5c5ccccc54)cccc21)c1c(c2ccccc23)CC=CC=C1. The van der Waals surface area contributed by atoms with Gasteiger partial charge < -0.3 is 4.57 Å². The van der Waals surface area contributed by atoms with Crippen LogP contribution in [0.15, 0.2) is 121 Å². The van der Waals surface area contributed by atoms with Crippen LogP contribution in [-0.4, -0.2) is 4.57 Å². The molecule has 0 N–H and O–H groups in total. The lowest BCUT2D eigenvalue weighted by molar-refractivity contribution is 0.661. The highest BCUT2D eigenvalue weighted by molar-refractivity contribution is 6.15. The smallest absolute Gasteiger partial charge is 0.0543 e. The summed E-state index contributed by atoms with van der Waals surface area (Å²) < 4.78 is 2.49. The van der Waals surface area contributed by atoms with Gasteiger partial charge >= 0.3 is 0 Å². The molecule has 0 unspecified atom stereocenters. The summed E-state index contributed by atoms with van der Waals surface area (Å²) in [6.07, 6.45) is 9.94. The van der Waals surface area contributed by atoms with Crippen molar-refractivity contribution in [3.63, 3.8) is 0 Å². The second-order valence-corrected chi connectivity index (χ2v) is 12.1. The molecule has 2 aliphatic rings. The van der Waals surface area contributed by atoms with Gasteiger partial charge in [-0.15, -0.1) is 0 Å². The molecule has 0 saturated heterocycles. The van der Waals surface area contributed by atoms with Crippen molar-refractivity contribution in [1.82, 2.24) is 4.57 Å². The second-order valence-electron chi connectivity index (χ2n) is 12.1. The van der Waals surface area contributed by atoms with Crippen LogP contribution in [-0.2, 0) is 11.8 Å². The highest BCUT2D eigenvalue weighted by Crippen LogP contribution is 2.54. The Bertz CT molecular complexity index is 2250. The van der Waals surface area contributed by atoms with Crippen LogP contribution in [0.3, 0.4) is 0 Å². The number of benzene rings is 6. The van der Waals surface area contributed by atoms with Crippen LogP contribution >= 0.6 is 0 Å². The van der Waals surface area contributed by atoms with Gasteiger partial charge in [-0.05, 0) is 86.1 Å². The van der Waals surface area contributed by atoms with Gasteiger partial charge in [0.15, 0.2) is 0 Å². The maximum atomic E-state index is 2.51. The molecule has 0 spiro atoms. The van der Waals surface area contributed by atoms with E-state index in [1.807, 2.05) is 0 Å². The second kappa shape index (κ2) is 8.08. The number of allylic oxidation sites excluding steroid dienone is 3. The molecule has 41 heavy (non-hydrogen) atoms. The van der Waals surface area contributed by atoms with E-state index in [-0.39, 0.29) is 5.41 Å². The predicted molar refractivity (Wildman–Crippen MR) is 175 cm³/mol. The first-order chi connectivity index (χ1) is 20.1. The lowest BCUT2D eigenvalue weighted by Gasteiger charge is -2.23. The molecular formula is C40H29N. The third-order valence-electron chi connectivity index (χ3n) is 9.63. The molecule has 194 valence electrons. The van der Waals surface area contributed by atoms with Crippen LogP contribution in [0, 0.1) is 0 Å². The van der Waals surface area contributed by atoms with Crippen molar-refractivity contribution in [1.29, 1.82) is 0 Å². The highest BCUT2D eigenvalue weighted by Gasteiger charge is 2.38. The van der Waals surface area contributed by atoms with Crippen molar-refractivity contribution in [3.05, 3.63) is 144 Å². The van der Waals surface area contributed by atoms with Gasteiger partial charge in [0.1, 0.15) is 0 Å². The van der Waals surface area contributed by atoms with Crippen molar-refractivity contribution >= 4 is 49.4 Å². The molecule has 1 heterocycles. The van der Waals surface area contributed by atoms with E-state index in [0.29, 0.717) is 0 Å². The molecule has 0 saturated carbocycles. The zero-order valence-electron chi connectivity index (χ0n) is 23.3. The van der Waals surface area contributed by atoms with E-state index in [4.69, 9.17) is 0 Å². The lowest BCUT2D eigenvalue weighted by Crippen LogP contribution is -2.15. The highest BCUT2D eigenvalue weighted by atomic mass is 15.0. The molecule has 0 radical (unpaired) electrons. The van der Waals surface area contributed by atoms with E-state index in [9.17, 15) is 0 Å². The molecule has 1 nitrogen and oxygen atoms in total. The summed E-state index contributed by atoms with van der Waals surface area (Å²) >= 11 is 0. The van der Waals surface area contributed by atoms with E-state index < -0.39 is 0 Å². The Labute approximate surface area is 239 Å². The van der Waals surface area contributed by atoms with Crippen LogP contribution in [0.4, 0.5) is 0 Å². The summed E-state index contributed by atoms with van der Waals surface area (Å²) in [5.74, 6) is 0. The Morgan fingerprint density at radius 3 is 2.02 bits per heavy atom. The fraction of sp³-hybridized carbons (Fsp3) is 0.100. The number of aromatic nitrogens is 1. The Balaban J connectivity index is 1.44. The van der Waals surface area contributed by atoms with Gasteiger partial charge in [-0.25, -0.2) is 0 Å². The summed E-state index contributed by atoms with van der Waals surface area (Å²) in [5.41, 5.74) is 12.0. The molecule has 0 amide bonds. The van der Waals surface area contributed by atoms with E-state index in [0.717, 1.165) is 6.42 Å². The number of nitrogens with zero attached hydrogens (tertiary/aromatic N) is 1. The minimum atomic E-state index is -0.112. The molecule has 6 aromatic carbocycles. The zero-order valence-corrected chi connectivity index (χ0v) is 23.3. The van der Waals surface area contributed by atoms with Gasteiger partial charge in [0, 0.05) is 21.8 Å². The van der Waals surface area contributed by atoms with Gasteiger partial charge in [0.05, 0.1) is 16.7 Å². The summed E-state index contributed by atoms with van der Waals surface area (Å²) in [7, 11) is 0. The maximum absolute atomic E-state index is 2.51. The Morgan fingerprint density at radius 2 is 1.27 bits per heavy atom. The number of para-hydroxylation sites is 2. The quantitative estimate of drug-likeness (QED) is 0.189. The molecule has 1 aromatic heterocycles. The minimum Gasteiger partial charge on any atom is -0.309 e. The van der Waals surface area contributed by atoms with Crippen molar-refractivity contribution < 1.29 is 0 Å². The van der Waals surface area contributed by atoms with Gasteiger partial charge in [0.25, 0.3) is 0 Å². The fourth-order valence-electron chi connectivity index (χ4n) is 7.74. The monoisotopic (exact) mass is 523 g/mol. The molecule has 0 bridgehead atoms. The van der Waals surface area contributed by atoms with Crippen molar-refractivity contribution in [2.75, 3.05) is 0 Å². The molecule has 9 rings (SSSR count). The lowest BCUT2D eigenvalue weighted by atomic mass is 9.80. The third kappa shape index (κ3) is 2.96. The summed E-state index contributed by atoms with van der Waals surface area (Å²) in [5, 5.41) is 8.01. The topological polar surface area (TPSA) is 4.93 Å². The first-order valence-corrected chi connectivity index (χ1v) is 14.6. The molecule has 1 heteroatoms. The summed E-state index contributed by atoms with van der Waals surface area (Å²) in [6.45, 7) is 4.79. The van der Waals surface area contributed by atoms with Crippen molar-refractivity contribution in [2.45, 2.75) is 25.7 Å². The van der Waals surface area contributed by atoms with Crippen molar-refractivity contribution in [3.8, 4) is 16.8 Å². The van der Waals surface area contributed by atoms with Crippen LogP contribution in [0.5, 0.6) is 0 Å². The van der Waals surface area contributed by atoms with Gasteiger partial charge in [-0.3, -0.25) is 0 Å². The first kappa shape index (κ1) is 22.9. The van der Waals surface area contributed by atoms with E-state index in [2.05, 4.69) is 146 Å². The van der Waals surface area contributed by atoms with Crippen LogP contribution in [0.25, 0.3) is 66.2 Å². The molecule has 0 aliphatic heterocycles. The molecule has 7 aromatic rings. The fourth-order valence-corrected chi connectivity index (χ4v) is 7.74. The van der Waals surface area contributed by atoms with Crippen LogP contribution < -0.4 is 0 Å². The molecule has 2 aliphatic carbocycles. The molecular weight excluding hydrogens is 494 g/mol. The standard InChI is InChI=1S/C40H29N/c1-40(2)34-19-12-22-38(41-36-20-10-8-17-29(36)30-18-9-11-21-37(30)41)39(34)33-23-31-27-14-5-3-4-13-25(27)26-15-6-7-16-28(26)32(31)24-35(33)40/h3-12,14-24H,13H2,1-2H3. The van der Waals surface area contributed by atoms with Gasteiger partial charge in [-0.1, -0.05) is 111 Å². The maximum Gasteiger partial charge on any atom is 0.0543 e. The summed E-state index contributed by atoms with van der Waals surface area (Å²) in [6, 6.07) is 38.6. The minimum absolute atomic E-state index is 0.112. The first-order valence-electron chi connectivity index (χ1n) is 14.6. The Morgan fingerprint density at radius 1 is 0.585 bits per heavy atom. The summed E-state index contributed by atoms with van der Waals surface area (Å²) in [4.78, 5) is 0. The van der Waals surface area contributed by atoms with E-state index in [1.54, 1.807) is 0 Å². The van der Waals surface area contributed by atoms with Crippen LogP contribution in [0.2, 0.25) is 0 Å².